The van der Waals surface area contributed by atoms with E-state index in [0.717, 1.165) is 11.6 Å². The summed E-state index contributed by atoms with van der Waals surface area (Å²) in [4.78, 5) is 15.5. The van der Waals surface area contributed by atoms with E-state index in [1.165, 1.54) is 26.4 Å². The van der Waals surface area contributed by atoms with Crippen molar-refractivity contribution < 1.29 is 22.7 Å². The van der Waals surface area contributed by atoms with E-state index in [0.29, 0.717) is 0 Å². The predicted molar refractivity (Wildman–Crippen MR) is 89.1 cm³/mol. The molecule has 2 aromatic rings. The number of halogens is 1. The van der Waals surface area contributed by atoms with E-state index < -0.39 is 16.0 Å². The van der Waals surface area contributed by atoms with Gasteiger partial charge in [-0.05, 0) is 36.8 Å². The minimum atomic E-state index is -3.98. The number of aryl methyl sites for hydroxylation is 1. The molecule has 1 aromatic carbocycles. The molecule has 1 heterocycles. The van der Waals surface area contributed by atoms with Gasteiger partial charge in [-0.3, -0.25) is 4.72 Å². The van der Waals surface area contributed by atoms with Crippen molar-refractivity contribution in [3.05, 3.63) is 46.6 Å². The summed E-state index contributed by atoms with van der Waals surface area (Å²) >= 11 is 5.90. The maximum atomic E-state index is 12.6. The number of esters is 1. The van der Waals surface area contributed by atoms with Gasteiger partial charge in [-0.1, -0.05) is 11.6 Å². The minimum absolute atomic E-state index is 0.0450. The van der Waals surface area contributed by atoms with Crippen molar-refractivity contribution in [3.63, 3.8) is 0 Å². The molecule has 0 saturated carbocycles. The number of benzene rings is 1. The monoisotopic (exact) mass is 370 g/mol. The second-order valence-electron chi connectivity index (χ2n) is 4.81. The lowest BCUT2D eigenvalue weighted by molar-refractivity contribution is 0.0600. The maximum Gasteiger partial charge on any atom is 0.339 e. The molecule has 0 radical (unpaired) electrons. The van der Waals surface area contributed by atoms with Gasteiger partial charge in [-0.2, -0.15) is 0 Å². The maximum absolute atomic E-state index is 12.6. The first-order chi connectivity index (χ1) is 11.3. The molecule has 0 bridgehead atoms. The zero-order chi connectivity index (χ0) is 17.9. The molecule has 2 rings (SSSR count). The summed E-state index contributed by atoms with van der Waals surface area (Å²) in [5.74, 6) is -0.599. The Kier molecular flexibility index (Phi) is 5.30. The number of carbonyl (C=O) groups excluding carboxylic acids is 1. The molecule has 0 spiro atoms. The van der Waals surface area contributed by atoms with E-state index in [9.17, 15) is 13.2 Å². The molecule has 0 aliphatic rings. The van der Waals surface area contributed by atoms with Crippen molar-refractivity contribution in [1.29, 1.82) is 0 Å². The highest BCUT2D eigenvalue weighted by atomic mass is 35.5. The Morgan fingerprint density at radius 3 is 2.58 bits per heavy atom. The van der Waals surface area contributed by atoms with Gasteiger partial charge in [0, 0.05) is 6.20 Å². The molecule has 0 saturated heterocycles. The van der Waals surface area contributed by atoms with E-state index in [-0.39, 0.29) is 27.0 Å². The highest BCUT2D eigenvalue weighted by molar-refractivity contribution is 7.92. The SMILES string of the molecule is COC(=O)c1cc(S(=O)(=O)Nc2cc(C)cnc2OC)ccc1Cl. The second-order valence-corrected chi connectivity index (χ2v) is 6.90. The van der Waals surface area contributed by atoms with Crippen LogP contribution in [0.3, 0.4) is 0 Å². The van der Waals surface area contributed by atoms with E-state index in [1.54, 1.807) is 19.2 Å². The third kappa shape index (κ3) is 3.77. The van der Waals surface area contributed by atoms with Crippen LogP contribution in [0, 0.1) is 6.92 Å². The number of sulfonamides is 1. The van der Waals surface area contributed by atoms with Crippen molar-refractivity contribution in [2.75, 3.05) is 18.9 Å². The van der Waals surface area contributed by atoms with Gasteiger partial charge in [0.2, 0.25) is 5.88 Å². The summed E-state index contributed by atoms with van der Waals surface area (Å²) in [5, 5.41) is 0.0932. The number of pyridine rings is 1. The third-order valence-corrected chi connectivity index (χ3v) is 4.77. The van der Waals surface area contributed by atoms with Gasteiger partial charge in [0.05, 0.1) is 29.7 Å². The van der Waals surface area contributed by atoms with Crippen molar-refractivity contribution in [2.24, 2.45) is 0 Å². The van der Waals surface area contributed by atoms with Crippen molar-refractivity contribution in [3.8, 4) is 5.88 Å². The molecule has 24 heavy (non-hydrogen) atoms. The first-order valence-electron chi connectivity index (χ1n) is 6.70. The summed E-state index contributed by atoms with van der Waals surface area (Å²) in [6.45, 7) is 1.77. The van der Waals surface area contributed by atoms with Gasteiger partial charge in [0.25, 0.3) is 10.0 Å². The lowest BCUT2D eigenvalue weighted by Gasteiger charge is -2.12. The number of nitrogens with zero attached hydrogens (tertiary/aromatic N) is 1. The number of nitrogens with one attached hydrogen (secondary N) is 1. The van der Waals surface area contributed by atoms with Crippen molar-refractivity contribution in [1.82, 2.24) is 4.98 Å². The van der Waals surface area contributed by atoms with Gasteiger partial charge in [-0.15, -0.1) is 0 Å². The predicted octanol–water partition coefficient (Wildman–Crippen LogP) is 2.64. The number of methoxy groups -OCH3 is 2. The molecule has 128 valence electrons. The average Bonchev–Trinajstić information content (AvgIpc) is 2.54. The summed E-state index contributed by atoms with van der Waals surface area (Å²) in [6, 6.07) is 5.33. The quantitative estimate of drug-likeness (QED) is 0.813. The zero-order valence-electron chi connectivity index (χ0n) is 13.2. The Bertz CT molecular complexity index is 883. The van der Waals surface area contributed by atoms with Crippen molar-refractivity contribution >= 4 is 33.3 Å². The topological polar surface area (TPSA) is 94.6 Å². The Balaban J connectivity index is 2.45. The molecule has 1 N–H and O–H groups in total. The molecule has 0 amide bonds. The third-order valence-electron chi connectivity index (χ3n) is 3.08. The molecule has 0 fully saturated rings. The number of hydrogen-bond donors (Lipinski definition) is 1. The van der Waals surface area contributed by atoms with Crippen LogP contribution < -0.4 is 9.46 Å². The van der Waals surface area contributed by atoms with Crippen LogP contribution >= 0.6 is 11.6 Å². The van der Waals surface area contributed by atoms with Gasteiger partial charge in [-0.25, -0.2) is 18.2 Å². The van der Waals surface area contributed by atoms with Gasteiger partial charge in [0.15, 0.2) is 0 Å². The Morgan fingerprint density at radius 1 is 1.25 bits per heavy atom. The van der Waals surface area contributed by atoms with E-state index in [2.05, 4.69) is 14.4 Å². The van der Waals surface area contributed by atoms with Crippen LogP contribution in [0.15, 0.2) is 35.4 Å². The lowest BCUT2D eigenvalue weighted by Crippen LogP contribution is -2.15. The van der Waals surface area contributed by atoms with Crippen LogP contribution in [0.4, 0.5) is 5.69 Å². The van der Waals surface area contributed by atoms with Crippen LogP contribution in [0.1, 0.15) is 15.9 Å². The highest BCUT2D eigenvalue weighted by Crippen LogP contribution is 2.27. The number of anilines is 1. The first kappa shape index (κ1) is 18.0. The molecule has 9 heteroatoms. The number of carbonyl (C=O) groups is 1. The second kappa shape index (κ2) is 7.06. The summed E-state index contributed by atoms with van der Waals surface area (Å²) in [6.07, 6.45) is 1.55. The summed E-state index contributed by atoms with van der Waals surface area (Å²) in [5.41, 5.74) is 0.892. The summed E-state index contributed by atoms with van der Waals surface area (Å²) in [7, 11) is -1.42. The molecular formula is C15H15ClN2O5S. The van der Waals surface area contributed by atoms with E-state index in [4.69, 9.17) is 16.3 Å². The average molecular weight is 371 g/mol. The van der Waals surface area contributed by atoms with Crippen molar-refractivity contribution in [2.45, 2.75) is 11.8 Å². The molecule has 0 atom stereocenters. The Hall–Kier alpha value is -2.32. The number of hydrogen-bond acceptors (Lipinski definition) is 6. The molecular weight excluding hydrogens is 356 g/mol. The van der Waals surface area contributed by atoms with Gasteiger partial charge >= 0.3 is 5.97 Å². The first-order valence-corrected chi connectivity index (χ1v) is 8.56. The Labute approximate surface area is 144 Å². The van der Waals surface area contributed by atoms with Crippen LogP contribution in [0.25, 0.3) is 0 Å². The molecule has 7 nitrogen and oxygen atoms in total. The standard InChI is InChI=1S/C15H15ClN2O5S/c1-9-6-13(14(22-2)17-8-9)18-24(20,21)10-4-5-12(16)11(7-10)15(19)23-3/h4-8,18H,1-3H3. The van der Waals surface area contributed by atoms with Crippen LogP contribution in [-0.4, -0.2) is 33.6 Å². The van der Waals surface area contributed by atoms with E-state index >= 15 is 0 Å². The zero-order valence-corrected chi connectivity index (χ0v) is 14.7. The van der Waals surface area contributed by atoms with Gasteiger partial charge < -0.3 is 9.47 Å². The van der Waals surface area contributed by atoms with Crippen LogP contribution in [0.2, 0.25) is 5.02 Å². The lowest BCUT2D eigenvalue weighted by atomic mass is 10.2. The molecule has 1 aromatic heterocycles. The normalized spacial score (nSPS) is 11.0. The smallest absolute Gasteiger partial charge is 0.339 e. The number of ether oxygens (including phenoxy) is 2. The minimum Gasteiger partial charge on any atom is -0.480 e. The van der Waals surface area contributed by atoms with Crippen LogP contribution in [-0.2, 0) is 14.8 Å². The number of rotatable bonds is 5. The Morgan fingerprint density at radius 2 is 1.96 bits per heavy atom. The molecule has 0 unspecified atom stereocenters. The fourth-order valence-electron chi connectivity index (χ4n) is 1.93. The summed E-state index contributed by atoms with van der Waals surface area (Å²) < 4.78 is 37.2. The highest BCUT2D eigenvalue weighted by Gasteiger charge is 2.21. The fraction of sp³-hybridized carbons (Fsp3) is 0.200. The number of aromatic nitrogens is 1. The fourth-order valence-corrected chi connectivity index (χ4v) is 3.20. The van der Waals surface area contributed by atoms with Gasteiger partial charge in [0.1, 0.15) is 5.69 Å². The van der Waals surface area contributed by atoms with E-state index in [1.807, 2.05) is 0 Å². The largest absolute Gasteiger partial charge is 0.480 e. The van der Waals surface area contributed by atoms with Crippen LogP contribution in [0.5, 0.6) is 5.88 Å². The molecule has 0 aliphatic carbocycles. The molecule has 0 aliphatic heterocycles.